The van der Waals surface area contributed by atoms with E-state index >= 15 is 0 Å². The molecule has 0 amide bonds. The van der Waals surface area contributed by atoms with Crippen LogP contribution in [0.25, 0.3) is 0 Å². The molecule has 1 fully saturated rings. The van der Waals surface area contributed by atoms with Crippen molar-refractivity contribution in [1.29, 1.82) is 0 Å². The van der Waals surface area contributed by atoms with Gasteiger partial charge >= 0.3 is 0 Å². The third kappa shape index (κ3) is 1.70. The van der Waals surface area contributed by atoms with Gasteiger partial charge in [-0.1, -0.05) is 33.8 Å². The first kappa shape index (κ1) is 13.5. The summed E-state index contributed by atoms with van der Waals surface area (Å²) in [7, 11) is 0. The van der Waals surface area contributed by atoms with Gasteiger partial charge in [0, 0.05) is 11.5 Å². The van der Waals surface area contributed by atoms with Crippen LogP contribution in [-0.4, -0.2) is 5.11 Å². The fourth-order valence-corrected chi connectivity index (χ4v) is 3.50. The Bertz CT molecular complexity index is 451. The van der Waals surface area contributed by atoms with Gasteiger partial charge in [0.05, 0.1) is 6.10 Å². The summed E-state index contributed by atoms with van der Waals surface area (Å²) in [6, 6.07) is 3.44. The molecule has 1 aromatic rings. The fourth-order valence-electron chi connectivity index (χ4n) is 3.50. The Kier molecular flexibility index (Phi) is 2.86. The van der Waals surface area contributed by atoms with Gasteiger partial charge in [-0.3, -0.25) is 0 Å². The lowest BCUT2D eigenvalue weighted by atomic mass is 9.94. The predicted molar refractivity (Wildman–Crippen MR) is 71.9 cm³/mol. The maximum absolute atomic E-state index is 14.1. The number of rotatable bonds is 2. The molecule has 1 unspecified atom stereocenters. The van der Waals surface area contributed by atoms with Crippen LogP contribution < -0.4 is 0 Å². The second kappa shape index (κ2) is 3.80. The third-order valence-electron chi connectivity index (χ3n) is 5.22. The molecule has 0 bridgehead atoms. The van der Waals surface area contributed by atoms with E-state index in [1.165, 1.54) is 6.07 Å². The fraction of sp³-hybridized carbons (Fsp3) is 0.625. The van der Waals surface area contributed by atoms with Crippen molar-refractivity contribution in [3.8, 4) is 0 Å². The van der Waals surface area contributed by atoms with Gasteiger partial charge in [0.15, 0.2) is 0 Å². The average Bonchev–Trinajstić information content (AvgIpc) is 2.54. The van der Waals surface area contributed by atoms with Gasteiger partial charge in [0.1, 0.15) is 5.82 Å². The Morgan fingerprint density at radius 1 is 1.11 bits per heavy atom. The highest BCUT2D eigenvalue weighted by Gasteiger charge is 2.67. The van der Waals surface area contributed by atoms with Crippen molar-refractivity contribution in [1.82, 2.24) is 0 Å². The van der Waals surface area contributed by atoms with Crippen molar-refractivity contribution < 1.29 is 9.50 Å². The SMILES string of the molecule is Cc1cc(C)c(C(O)C2C(C)(C)C2(C)C)c(F)c1. The molecule has 1 aliphatic rings. The van der Waals surface area contributed by atoms with Crippen molar-refractivity contribution in [2.75, 3.05) is 0 Å². The van der Waals surface area contributed by atoms with Gasteiger partial charge in [-0.05, 0) is 41.9 Å². The quantitative estimate of drug-likeness (QED) is 0.835. The van der Waals surface area contributed by atoms with E-state index in [1.807, 2.05) is 19.9 Å². The molecular weight excluding hydrogens is 227 g/mol. The topological polar surface area (TPSA) is 20.2 Å². The van der Waals surface area contributed by atoms with Crippen molar-refractivity contribution in [2.45, 2.75) is 47.6 Å². The second-order valence-corrected chi connectivity index (χ2v) is 6.84. The van der Waals surface area contributed by atoms with E-state index < -0.39 is 6.10 Å². The van der Waals surface area contributed by atoms with E-state index in [-0.39, 0.29) is 22.6 Å². The Labute approximate surface area is 109 Å². The molecule has 1 N–H and O–H groups in total. The maximum atomic E-state index is 14.1. The van der Waals surface area contributed by atoms with E-state index in [9.17, 15) is 9.50 Å². The molecule has 0 radical (unpaired) electrons. The van der Waals surface area contributed by atoms with E-state index in [1.54, 1.807) is 0 Å². The summed E-state index contributed by atoms with van der Waals surface area (Å²) in [4.78, 5) is 0. The standard InChI is InChI=1S/C16H23FO/c1-9-7-10(2)12(11(17)8-9)13(18)14-15(3,4)16(14,5)6/h7-8,13-14,18H,1-6H3. The molecule has 1 aliphatic carbocycles. The first-order valence-electron chi connectivity index (χ1n) is 6.55. The summed E-state index contributed by atoms with van der Waals surface area (Å²) < 4.78 is 14.1. The number of halogens is 1. The average molecular weight is 250 g/mol. The highest BCUT2D eigenvalue weighted by molar-refractivity contribution is 5.36. The van der Waals surface area contributed by atoms with Crippen molar-refractivity contribution >= 4 is 0 Å². The van der Waals surface area contributed by atoms with Crippen LogP contribution >= 0.6 is 0 Å². The van der Waals surface area contributed by atoms with Crippen LogP contribution in [0.5, 0.6) is 0 Å². The van der Waals surface area contributed by atoms with Gasteiger partial charge in [-0.2, -0.15) is 0 Å². The number of aliphatic hydroxyl groups excluding tert-OH is 1. The highest BCUT2D eigenvalue weighted by atomic mass is 19.1. The first-order valence-corrected chi connectivity index (χ1v) is 6.55. The predicted octanol–water partition coefficient (Wildman–Crippen LogP) is 4.16. The number of aryl methyl sites for hydroxylation is 2. The van der Waals surface area contributed by atoms with E-state index in [0.29, 0.717) is 5.56 Å². The van der Waals surface area contributed by atoms with E-state index in [0.717, 1.165) is 11.1 Å². The Morgan fingerprint density at radius 2 is 1.61 bits per heavy atom. The molecule has 0 heterocycles. The molecule has 2 heteroatoms. The number of hydrogen-bond acceptors (Lipinski definition) is 1. The maximum Gasteiger partial charge on any atom is 0.129 e. The number of hydrogen-bond donors (Lipinski definition) is 1. The van der Waals surface area contributed by atoms with E-state index in [2.05, 4.69) is 27.7 Å². The second-order valence-electron chi connectivity index (χ2n) is 6.84. The summed E-state index contributed by atoms with van der Waals surface area (Å²) in [5, 5.41) is 10.5. The van der Waals surface area contributed by atoms with Crippen molar-refractivity contribution in [2.24, 2.45) is 16.7 Å². The summed E-state index contributed by atoms with van der Waals surface area (Å²) >= 11 is 0. The van der Waals surface area contributed by atoms with Crippen LogP contribution in [0.1, 0.15) is 50.5 Å². The van der Waals surface area contributed by atoms with Gasteiger partial charge in [0.2, 0.25) is 0 Å². The summed E-state index contributed by atoms with van der Waals surface area (Å²) in [5.41, 5.74) is 2.32. The smallest absolute Gasteiger partial charge is 0.129 e. The molecule has 0 spiro atoms. The molecule has 0 aromatic heterocycles. The van der Waals surface area contributed by atoms with Crippen molar-refractivity contribution in [3.63, 3.8) is 0 Å². The van der Waals surface area contributed by atoms with Crippen LogP contribution in [0, 0.1) is 36.4 Å². The molecule has 18 heavy (non-hydrogen) atoms. The highest BCUT2D eigenvalue weighted by Crippen LogP contribution is 2.72. The molecule has 1 saturated carbocycles. The lowest BCUT2D eigenvalue weighted by Gasteiger charge is -2.17. The summed E-state index contributed by atoms with van der Waals surface area (Å²) in [6.45, 7) is 12.3. The van der Waals surface area contributed by atoms with Gasteiger partial charge in [0.25, 0.3) is 0 Å². The number of aliphatic hydroxyl groups is 1. The van der Waals surface area contributed by atoms with Crippen LogP contribution in [0.2, 0.25) is 0 Å². The third-order valence-corrected chi connectivity index (χ3v) is 5.22. The van der Waals surface area contributed by atoms with Gasteiger partial charge < -0.3 is 5.11 Å². The van der Waals surface area contributed by atoms with Crippen LogP contribution in [0.4, 0.5) is 4.39 Å². The minimum absolute atomic E-state index is 0.0518. The van der Waals surface area contributed by atoms with Crippen LogP contribution in [-0.2, 0) is 0 Å². The first-order chi connectivity index (χ1) is 8.10. The summed E-state index contributed by atoms with van der Waals surface area (Å²) in [5.74, 6) is -0.167. The van der Waals surface area contributed by atoms with Gasteiger partial charge in [-0.15, -0.1) is 0 Å². The molecule has 0 saturated heterocycles. The van der Waals surface area contributed by atoms with Crippen LogP contribution in [0.3, 0.4) is 0 Å². The lowest BCUT2D eigenvalue weighted by Crippen LogP contribution is -2.10. The largest absolute Gasteiger partial charge is 0.388 e. The zero-order valence-electron chi connectivity index (χ0n) is 12.1. The minimum Gasteiger partial charge on any atom is -0.388 e. The van der Waals surface area contributed by atoms with Crippen molar-refractivity contribution in [3.05, 3.63) is 34.6 Å². The molecular formula is C16H23FO. The van der Waals surface area contributed by atoms with Gasteiger partial charge in [-0.25, -0.2) is 4.39 Å². The molecule has 1 atom stereocenters. The monoisotopic (exact) mass is 250 g/mol. The minimum atomic E-state index is -0.712. The molecule has 2 rings (SSSR count). The molecule has 1 aromatic carbocycles. The Balaban J connectivity index is 2.40. The Morgan fingerprint density at radius 3 is 2.00 bits per heavy atom. The Hall–Kier alpha value is -0.890. The van der Waals surface area contributed by atoms with E-state index in [4.69, 9.17) is 0 Å². The van der Waals surface area contributed by atoms with Crippen LogP contribution in [0.15, 0.2) is 12.1 Å². The molecule has 100 valence electrons. The lowest BCUT2D eigenvalue weighted by molar-refractivity contribution is 0.126. The zero-order valence-corrected chi connectivity index (χ0v) is 12.1. The zero-order chi connectivity index (χ0) is 13.9. The molecule has 0 aliphatic heterocycles. The number of benzene rings is 1. The normalized spacial score (nSPS) is 22.9. The molecule has 1 nitrogen and oxygen atoms in total. The summed E-state index contributed by atoms with van der Waals surface area (Å²) in [6.07, 6.45) is -0.712.